The maximum absolute atomic E-state index is 3.51. The molecule has 1 saturated heterocycles. The molecule has 0 bridgehead atoms. The summed E-state index contributed by atoms with van der Waals surface area (Å²) in [5.74, 6) is 0.676. The third kappa shape index (κ3) is 2.19. The molecule has 1 aliphatic heterocycles. The molecular weight excluding hydrogens is 218 g/mol. The van der Waals surface area contributed by atoms with Crippen LogP contribution in [0.15, 0.2) is 54.6 Å². The molecule has 2 aromatic rings. The minimum absolute atomic E-state index is 0.604. The van der Waals surface area contributed by atoms with Gasteiger partial charge in [-0.1, -0.05) is 54.6 Å². The Morgan fingerprint density at radius 2 is 1.56 bits per heavy atom. The Hall–Kier alpha value is -1.60. The zero-order valence-electron chi connectivity index (χ0n) is 10.8. The quantitative estimate of drug-likeness (QED) is 0.837. The Balaban J connectivity index is 1.85. The summed E-state index contributed by atoms with van der Waals surface area (Å²) in [6.07, 6.45) is 1.26. The Morgan fingerprint density at radius 3 is 2.17 bits per heavy atom. The second kappa shape index (κ2) is 4.95. The second-order valence-electron chi connectivity index (χ2n) is 5.13. The summed E-state index contributed by atoms with van der Waals surface area (Å²) in [4.78, 5) is 0. The van der Waals surface area contributed by atoms with Gasteiger partial charge in [0.15, 0.2) is 0 Å². The van der Waals surface area contributed by atoms with Gasteiger partial charge in [-0.2, -0.15) is 0 Å². The maximum Gasteiger partial charge on any atom is 0.0108 e. The van der Waals surface area contributed by atoms with Gasteiger partial charge >= 0.3 is 0 Å². The smallest absolute Gasteiger partial charge is 0.0108 e. The first kappa shape index (κ1) is 11.5. The number of hydrogen-bond acceptors (Lipinski definition) is 1. The van der Waals surface area contributed by atoms with E-state index in [0.717, 1.165) is 6.54 Å². The molecule has 0 aromatic heterocycles. The van der Waals surface area contributed by atoms with Crippen LogP contribution >= 0.6 is 0 Å². The molecular formula is C17H19N. The van der Waals surface area contributed by atoms with Crippen LogP contribution < -0.4 is 5.32 Å². The van der Waals surface area contributed by atoms with Crippen LogP contribution in [0.1, 0.15) is 24.8 Å². The van der Waals surface area contributed by atoms with E-state index in [0.29, 0.717) is 12.0 Å². The monoisotopic (exact) mass is 237 g/mol. The average molecular weight is 237 g/mol. The lowest BCUT2D eigenvalue weighted by molar-refractivity contribution is 0.594. The number of hydrogen-bond donors (Lipinski definition) is 1. The predicted octanol–water partition coefficient (Wildman–Crippen LogP) is 3.82. The maximum atomic E-state index is 3.51. The third-order valence-corrected chi connectivity index (χ3v) is 3.97. The summed E-state index contributed by atoms with van der Waals surface area (Å²) < 4.78 is 0. The molecule has 2 aromatic carbocycles. The van der Waals surface area contributed by atoms with Gasteiger partial charge in [0.05, 0.1) is 0 Å². The number of nitrogens with one attached hydrogen (secondary N) is 1. The Kier molecular flexibility index (Phi) is 3.16. The van der Waals surface area contributed by atoms with Crippen LogP contribution in [0.4, 0.5) is 0 Å². The van der Waals surface area contributed by atoms with Gasteiger partial charge in [0, 0.05) is 12.0 Å². The summed E-state index contributed by atoms with van der Waals surface area (Å²) in [7, 11) is 0. The van der Waals surface area contributed by atoms with Crippen molar-refractivity contribution < 1.29 is 0 Å². The topological polar surface area (TPSA) is 12.0 Å². The molecule has 1 heterocycles. The van der Waals surface area contributed by atoms with E-state index < -0.39 is 0 Å². The summed E-state index contributed by atoms with van der Waals surface area (Å²) in [5.41, 5.74) is 4.06. The van der Waals surface area contributed by atoms with E-state index in [2.05, 4.69) is 66.8 Å². The molecule has 1 fully saturated rings. The van der Waals surface area contributed by atoms with E-state index >= 15 is 0 Å². The molecule has 0 spiro atoms. The van der Waals surface area contributed by atoms with E-state index in [4.69, 9.17) is 0 Å². The van der Waals surface area contributed by atoms with Gasteiger partial charge in [0.2, 0.25) is 0 Å². The van der Waals surface area contributed by atoms with E-state index in [1.807, 2.05) is 0 Å². The summed E-state index contributed by atoms with van der Waals surface area (Å²) >= 11 is 0. The zero-order chi connectivity index (χ0) is 12.4. The molecule has 1 N–H and O–H groups in total. The molecule has 3 rings (SSSR count). The lowest BCUT2D eigenvalue weighted by Gasteiger charge is -2.15. The van der Waals surface area contributed by atoms with Crippen molar-refractivity contribution in [2.45, 2.75) is 25.3 Å². The molecule has 0 saturated carbocycles. The first-order valence-corrected chi connectivity index (χ1v) is 6.73. The van der Waals surface area contributed by atoms with E-state index in [1.54, 1.807) is 0 Å². The van der Waals surface area contributed by atoms with Gasteiger partial charge in [0.1, 0.15) is 0 Å². The Bertz CT molecular complexity index is 501. The number of benzene rings is 2. The molecule has 2 unspecified atom stereocenters. The van der Waals surface area contributed by atoms with Crippen molar-refractivity contribution in [1.29, 1.82) is 0 Å². The normalized spacial score (nSPS) is 23.2. The van der Waals surface area contributed by atoms with Crippen molar-refractivity contribution in [3.8, 4) is 11.1 Å². The molecule has 2 atom stereocenters. The largest absolute Gasteiger partial charge is 0.314 e. The van der Waals surface area contributed by atoms with Crippen molar-refractivity contribution in [1.82, 2.24) is 5.32 Å². The lowest BCUT2D eigenvalue weighted by Crippen LogP contribution is -2.21. The van der Waals surface area contributed by atoms with E-state index in [-0.39, 0.29) is 0 Å². The van der Waals surface area contributed by atoms with Gasteiger partial charge in [-0.25, -0.2) is 0 Å². The van der Waals surface area contributed by atoms with Gasteiger partial charge < -0.3 is 5.32 Å². The summed E-state index contributed by atoms with van der Waals surface area (Å²) in [6.45, 7) is 3.43. The van der Waals surface area contributed by atoms with Gasteiger partial charge in [0.25, 0.3) is 0 Å². The standard InChI is InChI=1S/C17H19N/c1-13-17(11-12-18-13)16-9-7-15(8-10-16)14-5-3-2-4-6-14/h2-10,13,17-18H,11-12H2,1H3. The average Bonchev–Trinajstić information content (AvgIpc) is 2.86. The van der Waals surface area contributed by atoms with Gasteiger partial charge in [-0.15, -0.1) is 0 Å². The van der Waals surface area contributed by atoms with Crippen LogP contribution in [0.2, 0.25) is 0 Å². The van der Waals surface area contributed by atoms with Crippen molar-refractivity contribution >= 4 is 0 Å². The minimum Gasteiger partial charge on any atom is -0.314 e. The van der Waals surface area contributed by atoms with Crippen molar-refractivity contribution in [3.05, 3.63) is 60.2 Å². The molecule has 0 aliphatic carbocycles. The molecule has 1 aliphatic rings. The van der Waals surface area contributed by atoms with E-state index in [1.165, 1.54) is 23.1 Å². The fourth-order valence-corrected chi connectivity index (χ4v) is 2.87. The first-order valence-electron chi connectivity index (χ1n) is 6.73. The van der Waals surface area contributed by atoms with Crippen LogP contribution in [0.3, 0.4) is 0 Å². The molecule has 1 nitrogen and oxygen atoms in total. The predicted molar refractivity (Wildman–Crippen MR) is 76.7 cm³/mol. The molecule has 0 amide bonds. The summed E-state index contributed by atoms with van der Waals surface area (Å²) in [5, 5.41) is 3.51. The van der Waals surface area contributed by atoms with Crippen LogP contribution in [0, 0.1) is 0 Å². The second-order valence-corrected chi connectivity index (χ2v) is 5.13. The van der Waals surface area contributed by atoms with Crippen LogP contribution in [-0.4, -0.2) is 12.6 Å². The van der Waals surface area contributed by atoms with Gasteiger partial charge in [-0.3, -0.25) is 0 Å². The van der Waals surface area contributed by atoms with Crippen LogP contribution in [0.25, 0.3) is 11.1 Å². The Morgan fingerprint density at radius 1 is 0.889 bits per heavy atom. The minimum atomic E-state index is 0.604. The first-order chi connectivity index (χ1) is 8.84. The highest BCUT2D eigenvalue weighted by atomic mass is 14.9. The SMILES string of the molecule is CC1NCCC1c1ccc(-c2ccccc2)cc1. The molecule has 92 valence electrons. The zero-order valence-corrected chi connectivity index (χ0v) is 10.8. The third-order valence-electron chi connectivity index (χ3n) is 3.97. The van der Waals surface area contributed by atoms with Gasteiger partial charge in [-0.05, 0) is 36.6 Å². The highest BCUT2D eigenvalue weighted by Crippen LogP contribution is 2.29. The molecule has 1 heteroatoms. The fourth-order valence-electron chi connectivity index (χ4n) is 2.87. The van der Waals surface area contributed by atoms with Crippen molar-refractivity contribution in [2.24, 2.45) is 0 Å². The van der Waals surface area contributed by atoms with Crippen LogP contribution in [-0.2, 0) is 0 Å². The molecule has 0 radical (unpaired) electrons. The van der Waals surface area contributed by atoms with Crippen LogP contribution in [0.5, 0.6) is 0 Å². The lowest BCUT2D eigenvalue weighted by atomic mass is 9.91. The van der Waals surface area contributed by atoms with Crippen molar-refractivity contribution in [2.75, 3.05) is 6.54 Å². The highest BCUT2D eigenvalue weighted by Gasteiger charge is 2.23. The fraction of sp³-hybridized carbons (Fsp3) is 0.294. The number of rotatable bonds is 2. The highest BCUT2D eigenvalue weighted by molar-refractivity contribution is 5.63. The Labute approximate surface area is 109 Å². The molecule has 18 heavy (non-hydrogen) atoms. The van der Waals surface area contributed by atoms with E-state index in [9.17, 15) is 0 Å². The van der Waals surface area contributed by atoms with Crippen molar-refractivity contribution in [3.63, 3.8) is 0 Å². The summed E-state index contributed by atoms with van der Waals surface area (Å²) in [6, 6.07) is 20.2.